The molecule has 0 spiro atoms. The summed E-state index contributed by atoms with van der Waals surface area (Å²) in [4.78, 5) is 0. The summed E-state index contributed by atoms with van der Waals surface area (Å²) in [6.07, 6.45) is 7.99. The van der Waals surface area contributed by atoms with Gasteiger partial charge in [-0.1, -0.05) is 37.6 Å². The van der Waals surface area contributed by atoms with Crippen LogP contribution in [0.15, 0.2) is 24.3 Å². The third kappa shape index (κ3) is 2.59. The van der Waals surface area contributed by atoms with Gasteiger partial charge in [-0.15, -0.1) is 11.6 Å². The van der Waals surface area contributed by atoms with Crippen molar-refractivity contribution in [2.75, 3.05) is 0 Å². The molecule has 2 fully saturated rings. The first-order valence-corrected chi connectivity index (χ1v) is 7.94. The van der Waals surface area contributed by atoms with Gasteiger partial charge >= 0.3 is 0 Å². The van der Waals surface area contributed by atoms with Crippen molar-refractivity contribution in [2.24, 2.45) is 17.8 Å². The molecule has 3 rings (SSSR count). The molecule has 0 heterocycles. The van der Waals surface area contributed by atoms with E-state index in [1.54, 1.807) is 0 Å². The highest BCUT2D eigenvalue weighted by atomic mass is 35.5. The second kappa shape index (κ2) is 5.25. The van der Waals surface area contributed by atoms with Crippen LogP contribution in [0, 0.1) is 17.8 Å². The predicted octanol–water partition coefficient (Wildman–Crippen LogP) is 5.36. The van der Waals surface area contributed by atoms with E-state index in [2.05, 4.69) is 31.2 Å². The van der Waals surface area contributed by atoms with Crippen molar-refractivity contribution in [3.05, 3.63) is 35.4 Å². The Morgan fingerprint density at radius 2 is 1.78 bits per heavy atom. The molecule has 2 aliphatic carbocycles. The molecule has 1 heteroatoms. The molecule has 98 valence electrons. The van der Waals surface area contributed by atoms with Crippen LogP contribution in [0.4, 0.5) is 0 Å². The minimum atomic E-state index is 0.248. The molecular weight excluding hydrogens is 240 g/mol. The van der Waals surface area contributed by atoms with Crippen molar-refractivity contribution in [1.82, 2.24) is 0 Å². The maximum absolute atomic E-state index is 6.66. The standard InChI is InChI=1S/C17H23Cl/c1-2-3-4-12-5-7-13(8-6-12)17(18)16-10-14-9-15(14)11-16/h5-8,14-17H,2-4,9-11H2,1H3. The lowest BCUT2D eigenvalue weighted by atomic mass is 9.93. The molecule has 0 radical (unpaired) electrons. The highest BCUT2D eigenvalue weighted by Gasteiger charge is 2.47. The van der Waals surface area contributed by atoms with E-state index in [0.717, 1.165) is 17.8 Å². The molecule has 0 nitrogen and oxygen atoms in total. The van der Waals surface area contributed by atoms with Gasteiger partial charge in [0.2, 0.25) is 0 Å². The second-order valence-electron chi connectivity index (χ2n) is 6.23. The Labute approximate surface area is 116 Å². The van der Waals surface area contributed by atoms with Gasteiger partial charge in [-0.2, -0.15) is 0 Å². The van der Waals surface area contributed by atoms with Gasteiger partial charge in [-0.3, -0.25) is 0 Å². The average Bonchev–Trinajstić information content (AvgIpc) is 3.03. The summed E-state index contributed by atoms with van der Waals surface area (Å²) in [6, 6.07) is 9.06. The van der Waals surface area contributed by atoms with Crippen molar-refractivity contribution in [1.29, 1.82) is 0 Å². The Kier molecular flexibility index (Phi) is 3.66. The van der Waals surface area contributed by atoms with E-state index in [0.29, 0.717) is 0 Å². The van der Waals surface area contributed by atoms with Gasteiger partial charge < -0.3 is 0 Å². The van der Waals surface area contributed by atoms with Gasteiger partial charge in [0.25, 0.3) is 0 Å². The quantitative estimate of drug-likeness (QED) is 0.627. The van der Waals surface area contributed by atoms with Gasteiger partial charge in [0.05, 0.1) is 5.38 Å². The molecule has 2 aliphatic rings. The van der Waals surface area contributed by atoms with Crippen molar-refractivity contribution >= 4 is 11.6 Å². The molecule has 0 amide bonds. The lowest BCUT2D eigenvalue weighted by Gasteiger charge is -2.19. The van der Waals surface area contributed by atoms with Crippen LogP contribution in [0.5, 0.6) is 0 Å². The summed E-state index contributed by atoms with van der Waals surface area (Å²) in [6.45, 7) is 2.24. The summed E-state index contributed by atoms with van der Waals surface area (Å²) in [7, 11) is 0. The predicted molar refractivity (Wildman–Crippen MR) is 78.0 cm³/mol. The SMILES string of the molecule is CCCCc1ccc(C(Cl)C2CC3CC3C2)cc1. The summed E-state index contributed by atoms with van der Waals surface area (Å²) in [5, 5.41) is 0.248. The van der Waals surface area contributed by atoms with Crippen molar-refractivity contribution in [3.63, 3.8) is 0 Å². The molecule has 18 heavy (non-hydrogen) atoms. The van der Waals surface area contributed by atoms with Crippen LogP contribution in [0.3, 0.4) is 0 Å². The lowest BCUT2D eigenvalue weighted by Crippen LogP contribution is -2.06. The zero-order chi connectivity index (χ0) is 12.5. The molecule has 0 aliphatic heterocycles. The Bertz CT molecular complexity index is 385. The highest BCUT2D eigenvalue weighted by Crippen LogP contribution is 2.58. The normalized spacial score (nSPS) is 31.1. The number of hydrogen-bond donors (Lipinski definition) is 0. The molecule has 2 saturated carbocycles. The summed E-state index contributed by atoms with van der Waals surface area (Å²) < 4.78 is 0. The topological polar surface area (TPSA) is 0 Å². The van der Waals surface area contributed by atoms with E-state index >= 15 is 0 Å². The van der Waals surface area contributed by atoms with E-state index in [4.69, 9.17) is 11.6 Å². The van der Waals surface area contributed by atoms with Crippen LogP contribution < -0.4 is 0 Å². The van der Waals surface area contributed by atoms with Crippen LogP contribution in [0.2, 0.25) is 0 Å². The van der Waals surface area contributed by atoms with Crippen molar-refractivity contribution in [2.45, 2.75) is 50.8 Å². The summed E-state index contributed by atoms with van der Waals surface area (Å²) in [5.74, 6) is 2.79. The molecular formula is C17H23Cl. The van der Waals surface area contributed by atoms with Crippen LogP contribution in [-0.4, -0.2) is 0 Å². The summed E-state index contributed by atoms with van der Waals surface area (Å²) in [5.41, 5.74) is 2.79. The van der Waals surface area contributed by atoms with E-state index in [9.17, 15) is 0 Å². The van der Waals surface area contributed by atoms with Crippen molar-refractivity contribution < 1.29 is 0 Å². The first-order valence-electron chi connectivity index (χ1n) is 7.51. The monoisotopic (exact) mass is 262 g/mol. The van der Waals surface area contributed by atoms with Gasteiger partial charge in [0, 0.05) is 0 Å². The molecule has 0 saturated heterocycles. The number of hydrogen-bond acceptors (Lipinski definition) is 0. The molecule has 1 aromatic carbocycles. The number of unbranched alkanes of at least 4 members (excludes halogenated alkanes) is 1. The van der Waals surface area contributed by atoms with Gasteiger partial charge in [0.15, 0.2) is 0 Å². The Hall–Kier alpha value is -0.490. The maximum atomic E-state index is 6.66. The second-order valence-corrected chi connectivity index (χ2v) is 6.70. The zero-order valence-electron chi connectivity index (χ0n) is 11.2. The van der Waals surface area contributed by atoms with E-state index in [1.807, 2.05) is 0 Å². The fraction of sp³-hybridized carbons (Fsp3) is 0.647. The van der Waals surface area contributed by atoms with Crippen LogP contribution in [0.1, 0.15) is 55.5 Å². The Morgan fingerprint density at radius 1 is 1.11 bits per heavy atom. The molecule has 0 N–H and O–H groups in total. The zero-order valence-corrected chi connectivity index (χ0v) is 12.0. The number of rotatable bonds is 5. The van der Waals surface area contributed by atoms with E-state index in [1.165, 1.54) is 49.7 Å². The minimum Gasteiger partial charge on any atom is -0.118 e. The fourth-order valence-electron chi connectivity index (χ4n) is 3.52. The number of fused-ring (bicyclic) bond motifs is 1. The number of aryl methyl sites for hydroxylation is 1. The highest BCUT2D eigenvalue weighted by molar-refractivity contribution is 6.21. The lowest BCUT2D eigenvalue weighted by molar-refractivity contribution is 0.471. The third-order valence-corrected chi connectivity index (χ3v) is 5.42. The molecule has 3 unspecified atom stereocenters. The number of alkyl halides is 1. The molecule has 0 bridgehead atoms. The fourth-order valence-corrected chi connectivity index (χ4v) is 3.87. The molecule has 1 aromatic rings. The third-order valence-electron chi connectivity index (χ3n) is 4.81. The first kappa shape index (κ1) is 12.5. The van der Waals surface area contributed by atoms with Gasteiger partial charge in [-0.25, -0.2) is 0 Å². The first-order chi connectivity index (χ1) is 8.78. The molecule has 3 atom stereocenters. The van der Waals surface area contributed by atoms with Crippen LogP contribution in [0.25, 0.3) is 0 Å². The summed E-state index contributed by atoms with van der Waals surface area (Å²) >= 11 is 6.66. The van der Waals surface area contributed by atoms with E-state index < -0.39 is 0 Å². The van der Waals surface area contributed by atoms with Crippen LogP contribution >= 0.6 is 11.6 Å². The number of halogens is 1. The van der Waals surface area contributed by atoms with E-state index in [-0.39, 0.29) is 5.38 Å². The smallest absolute Gasteiger partial charge is 0.0613 e. The number of benzene rings is 1. The van der Waals surface area contributed by atoms with Crippen molar-refractivity contribution in [3.8, 4) is 0 Å². The Balaban J connectivity index is 1.61. The molecule has 0 aromatic heterocycles. The Morgan fingerprint density at radius 3 is 2.39 bits per heavy atom. The largest absolute Gasteiger partial charge is 0.118 e. The van der Waals surface area contributed by atoms with Crippen LogP contribution in [-0.2, 0) is 6.42 Å². The van der Waals surface area contributed by atoms with Gasteiger partial charge in [0.1, 0.15) is 0 Å². The van der Waals surface area contributed by atoms with Gasteiger partial charge in [-0.05, 0) is 61.0 Å². The maximum Gasteiger partial charge on any atom is 0.0613 e. The average molecular weight is 263 g/mol. The minimum absolute atomic E-state index is 0.248.